The average Bonchev–Trinajstić information content (AvgIpc) is 2.57. The highest BCUT2D eigenvalue weighted by Crippen LogP contribution is 2.18. The minimum Gasteiger partial charge on any atom is -0.434 e. The minimum absolute atomic E-state index is 0.0163. The van der Waals surface area contributed by atoms with Gasteiger partial charge in [-0.1, -0.05) is 29.4 Å². The number of carbonyl (C=O) groups excluding carboxylic acids is 1. The largest absolute Gasteiger partial charge is 0.434 e. The van der Waals surface area contributed by atoms with Gasteiger partial charge in [-0.25, -0.2) is 4.39 Å². The lowest BCUT2D eigenvalue weighted by atomic mass is 10.2. The van der Waals surface area contributed by atoms with E-state index in [2.05, 4.69) is 15.2 Å². The molecule has 1 N–H and O–H groups in total. The summed E-state index contributed by atoms with van der Waals surface area (Å²) in [5.41, 5.74) is 0.270. The molecule has 0 aliphatic rings. The third kappa shape index (κ3) is 5.52. The van der Waals surface area contributed by atoms with Crippen LogP contribution in [0.1, 0.15) is 12.5 Å². The SMILES string of the molecule is C[C@H](O/N=C\c1ccccc1OC(F)F)C(=O)Nc1ccccc1F. The van der Waals surface area contributed by atoms with Gasteiger partial charge in [0.25, 0.3) is 5.91 Å². The Bertz CT molecular complexity index is 753. The molecule has 0 saturated carbocycles. The minimum atomic E-state index is -2.97. The van der Waals surface area contributed by atoms with Crippen molar-refractivity contribution in [2.75, 3.05) is 5.32 Å². The average molecular weight is 352 g/mol. The van der Waals surface area contributed by atoms with Gasteiger partial charge < -0.3 is 14.9 Å². The molecule has 0 aliphatic heterocycles. The number of benzene rings is 2. The molecule has 0 radical (unpaired) electrons. The zero-order valence-corrected chi connectivity index (χ0v) is 13.2. The highest BCUT2D eigenvalue weighted by molar-refractivity contribution is 5.94. The van der Waals surface area contributed by atoms with E-state index in [0.29, 0.717) is 0 Å². The smallest absolute Gasteiger partial charge is 0.387 e. The molecule has 0 bridgehead atoms. The Labute approximate surface area is 142 Å². The van der Waals surface area contributed by atoms with Gasteiger partial charge in [0, 0.05) is 5.56 Å². The zero-order chi connectivity index (χ0) is 18.2. The van der Waals surface area contributed by atoms with Crippen molar-refractivity contribution in [3.8, 4) is 5.75 Å². The number of para-hydroxylation sites is 2. The van der Waals surface area contributed by atoms with Crippen LogP contribution in [-0.2, 0) is 9.63 Å². The first-order valence-electron chi connectivity index (χ1n) is 7.26. The fourth-order valence-corrected chi connectivity index (χ4v) is 1.81. The van der Waals surface area contributed by atoms with Crippen LogP contribution in [0.3, 0.4) is 0 Å². The van der Waals surface area contributed by atoms with Gasteiger partial charge in [-0.3, -0.25) is 4.79 Å². The van der Waals surface area contributed by atoms with Crippen molar-refractivity contribution in [3.63, 3.8) is 0 Å². The first-order valence-corrected chi connectivity index (χ1v) is 7.26. The van der Waals surface area contributed by atoms with Gasteiger partial charge in [0.15, 0.2) is 0 Å². The van der Waals surface area contributed by atoms with E-state index in [1.54, 1.807) is 12.1 Å². The second-order valence-corrected chi connectivity index (χ2v) is 4.87. The fraction of sp³-hybridized carbons (Fsp3) is 0.176. The number of amides is 1. The lowest BCUT2D eigenvalue weighted by Gasteiger charge is -2.11. The number of nitrogens with one attached hydrogen (secondary N) is 1. The number of alkyl halides is 2. The predicted octanol–water partition coefficient (Wildman–Crippen LogP) is 3.80. The standard InChI is InChI=1S/C17H15F3N2O3/c1-11(16(23)22-14-8-4-3-7-13(14)18)25-21-10-12-6-2-5-9-15(12)24-17(19)20/h2-11,17H,1H3,(H,22,23)/b21-10-/t11-/m0/s1. The molecule has 0 fully saturated rings. The molecule has 0 unspecified atom stereocenters. The van der Waals surface area contributed by atoms with Gasteiger partial charge in [0.1, 0.15) is 11.6 Å². The topological polar surface area (TPSA) is 59.9 Å². The number of ether oxygens (including phenoxy) is 1. The normalized spacial score (nSPS) is 12.2. The molecule has 5 nitrogen and oxygen atoms in total. The molecule has 2 aromatic carbocycles. The molecule has 0 heterocycles. The number of oxime groups is 1. The van der Waals surface area contributed by atoms with Gasteiger partial charge in [-0.05, 0) is 31.2 Å². The van der Waals surface area contributed by atoms with Gasteiger partial charge in [0.2, 0.25) is 6.10 Å². The number of hydrogen-bond acceptors (Lipinski definition) is 4. The van der Waals surface area contributed by atoms with Crippen molar-refractivity contribution in [3.05, 3.63) is 59.9 Å². The molecule has 0 spiro atoms. The quantitative estimate of drug-likeness (QED) is 0.609. The van der Waals surface area contributed by atoms with E-state index in [4.69, 9.17) is 4.84 Å². The van der Waals surface area contributed by atoms with Crippen molar-refractivity contribution < 1.29 is 27.5 Å². The maximum absolute atomic E-state index is 13.5. The molecule has 132 valence electrons. The third-order valence-electron chi connectivity index (χ3n) is 3.05. The Morgan fingerprint density at radius 3 is 2.56 bits per heavy atom. The maximum atomic E-state index is 13.5. The van der Waals surface area contributed by atoms with Gasteiger partial charge >= 0.3 is 6.61 Å². The molecule has 0 aromatic heterocycles. The summed E-state index contributed by atoms with van der Waals surface area (Å²) in [4.78, 5) is 16.9. The molecular weight excluding hydrogens is 337 g/mol. The second kappa shape index (κ2) is 8.72. The van der Waals surface area contributed by atoms with Crippen LogP contribution < -0.4 is 10.1 Å². The van der Waals surface area contributed by atoms with Crippen molar-refractivity contribution in [1.29, 1.82) is 0 Å². The van der Waals surface area contributed by atoms with Gasteiger partial charge in [-0.15, -0.1) is 0 Å². The lowest BCUT2D eigenvalue weighted by molar-refractivity contribution is -0.126. The first kappa shape index (κ1) is 18.3. The summed E-state index contributed by atoms with van der Waals surface area (Å²) in [5.74, 6) is -1.27. The number of nitrogens with zero attached hydrogens (tertiary/aromatic N) is 1. The Hall–Kier alpha value is -3.03. The van der Waals surface area contributed by atoms with E-state index in [9.17, 15) is 18.0 Å². The number of rotatable bonds is 7. The predicted molar refractivity (Wildman–Crippen MR) is 86.2 cm³/mol. The van der Waals surface area contributed by atoms with Crippen LogP contribution in [0.5, 0.6) is 5.75 Å². The number of carbonyl (C=O) groups is 1. The van der Waals surface area contributed by atoms with Gasteiger partial charge in [-0.2, -0.15) is 8.78 Å². The highest BCUT2D eigenvalue weighted by atomic mass is 19.3. The Kier molecular flexibility index (Phi) is 6.39. The van der Waals surface area contributed by atoms with Crippen LogP contribution in [0, 0.1) is 5.82 Å². The summed E-state index contributed by atoms with van der Waals surface area (Å²) in [7, 11) is 0. The molecule has 0 aliphatic carbocycles. The third-order valence-corrected chi connectivity index (χ3v) is 3.05. The summed E-state index contributed by atoms with van der Waals surface area (Å²) >= 11 is 0. The number of halogens is 3. The van der Waals surface area contributed by atoms with E-state index in [0.717, 1.165) is 6.21 Å². The fourth-order valence-electron chi connectivity index (χ4n) is 1.81. The van der Waals surface area contributed by atoms with Crippen molar-refractivity contribution in [2.24, 2.45) is 5.16 Å². The van der Waals surface area contributed by atoms with Crippen LogP contribution in [0.2, 0.25) is 0 Å². The molecule has 1 amide bonds. The summed E-state index contributed by atoms with van der Waals surface area (Å²) in [5, 5.41) is 5.95. The Morgan fingerprint density at radius 2 is 1.84 bits per heavy atom. The second-order valence-electron chi connectivity index (χ2n) is 4.87. The van der Waals surface area contributed by atoms with Crippen LogP contribution in [0.4, 0.5) is 18.9 Å². The van der Waals surface area contributed by atoms with Crippen molar-refractivity contribution >= 4 is 17.8 Å². The molecule has 0 saturated heterocycles. The van der Waals surface area contributed by atoms with E-state index < -0.39 is 24.4 Å². The van der Waals surface area contributed by atoms with Gasteiger partial charge in [0.05, 0.1) is 11.9 Å². The van der Waals surface area contributed by atoms with Crippen molar-refractivity contribution in [2.45, 2.75) is 19.6 Å². The summed E-state index contributed by atoms with van der Waals surface area (Å²) in [6.07, 6.45) is 0.115. The van der Waals surface area contributed by atoms with E-state index in [-0.39, 0.29) is 17.0 Å². The highest BCUT2D eigenvalue weighted by Gasteiger charge is 2.16. The number of hydrogen-bond donors (Lipinski definition) is 1. The molecule has 25 heavy (non-hydrogen) atoms. The van der Waals surface area contributed by atoms with Crippen LogP contribution >= 0.6 is 0 Å². The summed E-state index contributed by atoms with van der Waals surface area (Å²) in [6.45, 7) is -1.56. The Balaban J connectivity index is 1.95. The molecule has 2 aromatic rings. The molecule has 8 heteroatoms. The maximum Gasteiger partial charge on any atom is 0.387 e. The zero-order valence-electron chi connectivity index (χ0n) is 13.2. The summed E-state index contributed by atoms with van der Waals surface area (Å²) < 4.78 is 42.4. The Morgan fingerprint density at radius 1 is 1.16 bits per heavy atom. The van der Waals surface area contributed by atoms with Crippen LogP contribution in [0.15, 0.2) is 53.7 Å². The lowest BCUT2D eigenvalue weighted by Crippen LogP contribution is -2.26. The van der Waals surface area contributed by atoms with E-state index in [1.165, 1.54) is 43.3 Å². The number of anilines is 1. The monoisotopic (exact) mass is 352 g/mol. The molecular formula is C17H15F3N2O3. The molecule has 2 rings (SSSR count). The molecule has 1 atom stereocenters. The van der Waals surface area contributed by atoms with Crippen molar-refractivity contribution in [1.82, 2.24) is 0 Å². The van der Waals surface area contributed by atoms with Crippen LogP contribution in [-0.4, -0.2) is 24.8 Å². The van der Waals surface area contributed by atoms with Crippen LogP contribution in [0.25, 0.3) is 0 Å². The summed E-state index contributed by atoms with van der Waals surface area (Å²) in [6, 6.07) is 11.7. The first-order chi connectivity index (χ1) is 12.0. The van der Waals surface area contributed by atoms with E-state index >= 15 is 0 Å². The van der Waals surface area contributed by atoms with E-state index in [1.807, 2.05) is 0 Å².